The number of carbonyl (C=O) groups is 2. The molecule has 0 amide bonds. The van der Waals surface area contributed by atoms with Crippen molar-refractivity contribution in [3.05, 3.63) is 0 Å². The van der Waals surface area contributed by atoms with E-state index in [1.54, 1.807) is 13.8 Å². The molecule has 2 saturated heterocycles. The zero-order valence-electron chi connectivity index (χ0n) is 27.9. The summed E-state index contributed by atoms with van der Waals surface area (Å²) in [5.41, 5.74) is 0.377. The number of fused-ring (bicyclic) bond motifs is 5. The summed E-state index contributed by atoms with van der Waals surface area (Å²) in [5.74, 6) is 2.52. The third-order valence-electron chi connectivity index (χ3n) is 14.5. The lowest BCUT2D eigenvalue weighted by Crippen LogP contribution is -3.00. The minimum atomic E-state index is -0.0998. The molecule has 248 valence electrons. The lowest BCUT2D eigenvalue weighted by Gasteiger charge is -2.63. The number of nitrogens with zero attached hydrogens (tertiary/aromatic N) is 2. The van der Waals surface area contributed by atoms with Gasteiger partial charge in [0.2, 0.25) is 0 Å². The molecule has 2 heterocycles. The van der Waals surface area contributed by atoms with E-state index in [1.165, 1.54) is 103 Å². The number of halogens is 2. The molecule has 0 spiro atoms. The van der Waals surface area contributed by atoms with Crippen LogP contribution in [0.2, 0.25) is 0 Å². The summed E-state index contributed by atoms with van der Waals surface area (Å²) in [6.07, 6.45) is 16.4. The van der Waals surface area contributed by atoms with Crippen molar-refractivity contribution >= 4 is 11.9 Å². The van der Waals surface area contributed by atoms with Gasteiger partial charge in [-0.2, -0.15) is 0 Å². The SMILES string of the molecule is CC(=O)OC1CC2CCC3C(CCC4(C)C3CC([N+]3(C)CCCCC3)C4OC(C)=O)C2(C)CC1[N+]1(C)CCCCC1.[I-].[I-]. The summed E-state index contributed by atoms with van der Waals surface area (Å²) in [5, 5.41) is 0. The van der Waals surface area contributed by atoms with Gasteiger partial charge in [-0.05, 0) is 99.7 Å². The summed E-state index contributed by atoms with van der Waals surface area (Å²) >= 11 is 0. The van der Waals surface area contributed by atoms with Gasteiger partial charge in [-0.25, -0.2) is 0 Å². The van der Waals surface area contributed by atoms with Gasteiger partial charge in [0.15, 0.2) is 12.2 Å². The number of rotatable bonds is 4. The van der Waals surface area contributed by atoms with Crippen LogP contribution in [0.1, 0.15) is 111 Å². The van der Waals surface area contributed by atoms with Gasteiger partial charge in [-0.1, -0.05) is 13.8 Å². The van der Waals surface area contributed by atoms with Crippen LogP contribution in [0, 0.1) is 34.5 Å². The van der Waals surface area contributed by atoms with Gasteiger partial charge in [0.05, 0.1) is 40.3 Å². The number of likely N-dealkylation sites (tertiary alicyclic amines) is 2. The van der Waals surface area contributed by atoms with Crippen LogP contribution in [0.4, 0.5) is 0 Å². The third kappa shape index (κ3) is 6.32. The van der Waals surface area contributed by atoms with Gasteiger partial charge in [-0.15, -0.1) is 0 Å². The zero-order valence-corrected chi connectivity index (χ0v) is 32.2. The van der Waals surface area contributed by atoms with Crippen molar-refractivity contribution in [3.8, 4) is 0 Å². The number of hydrogen-bond donors (Lipinski definition) is 0. The first-order valence-corrected chi connectivity index (χ1v) is 17.4. The van der Waals surface area contributed by atoms with Crippen molar-refractivity contribution in [2.24, 2.45) is 34.5 Å². The van der Waals surface area contributed by atoms with Crippen molar-refractivity contribution in [1.29, 1.82) is 0 Å². The standard InChI is InChI=1S/C35H60N2O4.2HI/c1-24(38)40-32-21-26-13-14-27-28(35(26,4)23-31(32)37(6)19-11-8-12-20-37)15-16-34(3)29(27)22-30(33(34)41-25(2)39)36(5)17-9-7-10-18-36;;/h26-33H,7-23H2,1-6H3;2*1H/q+2;;/p-2. The number of esters is 2. The van der Waals surface area contributed by atoms with E-state index >= 15 is 0 Å². The third-order valence-corrected chi connectivity index (χ3v) is 14.5. The van der Waals surface area contributed by atoms with Crippen LogP contribution in [0.5, 0.6) is 0 Å². The second-order valence-electron chi connectivity index (χ2n) is 16.7. The van der Waals surface area contributed by atoms with Crippen LogP contribution < -0.4 is 48.0 Å². The number of likely N-dealkylation sites (N-methyl/N-ethyl adjacent to an activating group) is 2. The number of quaternary nitrogens is 2. The molecular weight excluding hydrogens is 766 g/mol. The summed E-state index contributed by atoms with van der Waals surface area (Å²) in [4.78, 5) is 24.8. The maximum absolute atomic E-state index is 12.5. The molecule has 0 aromatic heterocycles. The highest BCUT2D eigenvalue weighted by molar-refractivity contribution is 5.66. The lowest BCUT2D eigenvalue weighted by atomic mass is 9.44. The van der Waals surface area contributed by atoms with E-state index < -0.39 is 0 Å². The predicted molar refractivity (Wildman–Crippen MR) is 161 cm³/mol. The van der Waals surface area contributed by atoms with Gasteiger partial charge in [0, 0.05) is 32.1 Å². The molecule has 2 aliphatic heterocycles. The van der Waals surface area contributed by atoms with Crippen molar-refractivity contribution in [2.45, 2.75) is 135 Å². The molecular formula is C35H60I2N2O4. The summed E-state index contributed by atoms with van der Waals surface area (Å²) in [6, 6.07) is 0.846. The van der Waals surface area contributed by atoms with Gasteiger partial charge in [-0.3, -0.25) is 9.59 Å². The summed E-state index contributed by atoms with van der Waals surface area (Å²) in [6.45, 7) is 13.3. The first-order chi connectivity index (χ1) is 19.4. The van der Waals surface area contributed by atoms with E-state index in [0.29, 0.717) is 35.3 Å². The summed E-state index contributed by atoms with van der Waals surface area (Å²) in [7, 11) is 4.94. The van der Waals surface area contributed by atoms with Crippen molar-refractivity contribution in [1.82, 2.24) is 0 Å². The van der Waals surface area contributed by atoms with Crippen molar-refractivity contribution in [3.63, 3.8) is 0 Å². The Morgan fingerprint density at radius 2 is 1.23 bits per heavy atom. The number of ether oxygens (including phenoxy) is 2. The molecule has 0 N–H and O–H groups in total. The van der Waals surface area contributed by atoms with Crippen LogP contribution in [-0.4, -0.2) is 85.5 Å². The molecule has 43 heavy (non-hydrogen) atoms. The predicted octanol–water partition coefficient (Wildman–Crippen LogP) is 0.119. The number of hydrogen-bond acceptors (Lipinski definition) is 4. The Hall–Kier alpha value is 0.320. The Morgan fingerprint density at radius 3 is 1.79 bits per heavy atom. The van der Waals surface area contributed by atoms with Gasteiger partial charge in [0.25, 0.3) is 0 Å². The van der Waals surface area contributed by atoms with Crippen LogP contribution in [0.25, 0.3) is 0 Å². The second kappa shape index (κ2) is 13.4. The number of piperidine rings is 2. The van der Waals surface area contributed by atoms with E-state index in [2.05, 4.69) is 27.9 Å². The highest BCUT2D eigenvalue weighted by Crippen LogP contribution is 2.68. The maximum atomic E-state index is 12.5. The fraction of sp³-hybridized carbons (Fsp3) is 0.943. The minimum absolute atomic E-state index is 0. The molecule has 0 aromatic carbocycles. The molecule has 6 rings (SSSR count). The Labute approximate surface area is 296 Å². The zero-order chi connectivity index (χ0) is 29.2. The van der Waals surface area contributed by atoms with Gasteiger partial charge >= 0.3 is 11.9 Å². The van der Waals surface area contributed by atoms with E-state index in [1.807, 2.05) is 0 Å². The van der Waals surface area contributed by atoms with E-state index in [4.69, 9.17) is 9.47 Å². The van der Waals surface area contributed by atoms with E-state index in [9.17, 15) is 9.59 Å². The first kappa shape index (κ1) is 36.2. The second-order valence-corrected chi connectivity index (χ2v) is 16.7. The molecule has 6 aliphatic rings. The van der Waals surface area contributed by atoms with Crippen LogP contribution >= 0.6 is 0 Å². The Morgan fingerprint density at radius 1 is 0.674 bits per heavy atom. The Balaban J connectivity index is 0.00000212. The molecule has 10 atom stereocenters. The van der Waals surface area contributed by atoms with E-state index in [0.717, 1.165) is 21.3 Å². The molecule has 6 fully saturated rings. The average molecular weight is 827 g/mol. The van der Waals surface area contributed by atoms with Gasteiger partial charge < -0.3 is 66.4 Å². The van der Waals surface area contributed by atoms with Crippen LogP contribution in [0.15, 0.2) is 0 Å². The highest BCUT2D eigenvalue weighted by atomic mass is 127. The smallest absolute Gasteiger partial charge is 0.303 e. The topological polar surface area (TPSA) is 52.6 Å². The van der Waals surface area contributed by atoms with Crippen molar-refractivity contribution < 1.29 is 76.0 Å². The molecule has 0 bridgehead atoms. The lowest BCUT2D eigenvalue weighted by molar-refractivity contribution is -0.943. The molecule has 0 radical (unpaired) electrons. The Kier molecular flexibility index (Phi) is 11.3. The molecule has 0 aromatic rings. The quantitative estimate of drug-likeness (QED) is 0.230. The fourth-order valence-electron chi connectivity index (χ4n) is 12.3. The summed E-state index contributed by atoms with van der Waals surface area (Å²) < 4.78 is 14.7. The van der Waals surface area contributed by atoms with Crippen LogP contribution in [-0.2, 0) is 19.1 Å². The minimum Gasteiger partial charge on any atom is -1.00 e. The first-order valence-electron chi connectivity index (χ1n) is 17.4. The van der Waals surface area contributed by atoms with E-state index in [-0.39, 0.29) is 77.5 Å². The molecule has 6 nitrogen and oxygen atoms in total. The fourth-order valence-corrected chi connectivity index (χ4v) is 12.3. The number of carbonyl (C=O) groups excluding carboxylic acids is 2. The molecule has 4 saturated carbocycles. The Bertz CT molecular complexity index is 1010. The molecule has 4 aliphatic carbocycles. The maximum Gasteiger partial charge on any atom is 0.303 e. The van der Waals surface area contributed by atoms with Gasteiger partial charge in [0.1, 0.15) is 12.1 Å². The molecule has 8 heteroatoms. The molecule has 10 unspecified atom stereocenters. The highest BCUT2D eigenvalue weighted by Gasteiger charge is 2.68. The normalized spacial score (nSPS) is 44.7. The van der Waals surface area contributed by atoms with Crippen LogP contribution in [0.3, 0.4) is 0 Å². The average Bonchev–Trinajstić information content (AvgIpc) is 3.21. The monoisotopic (exact) mass is 826 g/mol. The largest absolute Gasteiger partial charge is 1.00 e. The van der Waals surface area contributed by atoms with Crippen molar-refractivity contribution in [2.75, 3.05) is 40.3 Å².